The molecule has 0 heterocycles. The van der Waals surface area contributed by atoms with Crippen molar-refractivity contribution < 1.29 is 17.7 Å². The van der Waals surface area contributed by atoms with Crippen molar-refractivity contribution in [3.05, 3.63) is 35.9 Å². The lowest BCUT2D eigenvalue weighted by Crippen LogP contribution is -2.35. The van der Waals surface area contributed by atoms with E-state index in [1.54, 1.807) is 32.1 Å². The zero-order valence-electron chi connectivity index (χ0n) is 9.21. The Kier molecular flexibility index (Phi) is 4.04. The Balaban J connectivity index is 2.99. The Morgan fingerprint density at radius 1 is 1.31 bits per heavy atom. The first kappa shape index (κ1) is 12.7. The maximum Gasteiger partial charge on any atom is 0.513 e. The van der Waals surface area contributed by atoms with Crippen LogP contribution < -0.4 is 10.2 Å². The summed E-state index contributed by atoms with van der Waals surface area (Å²) in [5, 5.41) is 0. The van der Waals surface area contributed by atoms with E-state index >= 15 is 0 Å². The molecule has 16 heavy (non-hydrogen) atoms. The molecular formula is C11H13BF3O-. The zero-order chi connectivity index (χ0) is 12.2. The van der Waals surface area contributed by atoms with Gasteiger partial charge >= 0.3 is 6.98 Å². The average molecular weight is 229 g/mol. The first-order valence-corrected chi connectivity index (χ1v) is 4.99. The van der Waals surface area contributed by atoms with E-state index in [0.717, 1.165) is 6.07 Å². The third-order valence-corrected chi connectivity index (χ3v) is 2.09. The molecular weight excluding hydrogens is 216 g/mol. The van der Waals surface area contributed by atoms with Crippen LogP contribution >= 0.6 is 0 Å². The first-order valence-electron chi connectivity index (χ1n) is 4.99. The number of allylic oxidation sites excluding steroid dienone is 1. The highest BCUT2D eigenvalue weighted by molar-refractivity contribution is 6.74. The molecule has 0 aliphatic carbocycles. The molecule has 1 nitrogen and oxygen atoms in total. The lowest BCUT2D eigenvalue weighted by atomic mass is 9.78. The summed E-state index contributed by atoms with van der Waals surface area (Å²) in [4.78, 5) is 0. The minimum Gasteiger partial charge on any atom is -0.493 e. The third kappa shape index (κ3) is 3.33. The number of halogens is 3. The topological polar surface area (TPSA) is 9.23 Å². The summed E-state index contributed by atoms with van der Waals surface area (Å²) in [6.07, 6.45) is 3.39. The van der Waals surface area contributed by atoms with Crippen molar-refractivity contribution in [3.8, 4) is 5.75 Å². The van der Waals surface area contributed by atoms with Crippen LogP contribution in [-0.4, -0.2) is 13.6 Å². The van der Waals surface area contributed by atoms with Crippen LogP contribution in [0.25, 0.3) is 0 Å². The van der Waals surface area contributed by atoms with E-state index in [-0.39, 0.29) is 12.4 Å². The second-order valence-electron chi connectivity index (χ2n) is 3.50. The fourth-order valence-electron chi connectivity index (χ4n) is 1.29. The fourth-order valence-corrected chi connectivity index (χ4v) is 1.29. The van der Waals surface area contributed by atoms with Gasteiger partial charge in [-0.3, -0.25) is 0 Å². The lowest BCUT2D eigenvalue weighted by Gasteiger charge is -2.20. The van der Waals surface area contributed by atoms with Gasteiger partial charge in [-0.25, -0.2) is 0 Å². The van der Waals surface area contributed by atoms with Gasteiger partial charge in [0.1, 0.15) is 6.61 Å². The first-order chi connectivity index (χ1) is 7.45. The molecule has 0 unspecified atom stereocenters. The maximum atomic E-state index is 12.7. The summed E-state index contributed by atoms with van der Waals surface area (Å²) in [6.45, 7) is -1.46. The molecule has 0 aliphatic rings. The molecule has 1 aromatic carbocycles. The van der Waals surface area contributed by atoms with Crippen LogP contribution in [0.3, 0.4) is 0 Å². The number of benzene rings is 1. The van der Waals surface area contributed by atoms with E-state index in [4.69, 9.17) is 4.74 Å². The highest BCUT2D eigenvalue weighted by Gasteiger charge is 2.29. The Morgan fingerprint density at radius 3 is 2.56 bits per heavy atom. The Labute approximate surface area is 93.0 Å². The lowest BCUT2D eigenvalue weighted by molar-refractivity contribution is 0.362. The minimum absolute atomic E-state index is 0.101. The molecule has 1 aromatic rings. The normalized spacial score (nSPS) is 12.1. The van der Waals surface area contributed by atoms with Gasteiger partial charge in [-0.2, -0.15) is 0 Å². The largest absolute Gasteiger partial charge is 0.513 e. The maximum absolute atomic E-state index is 12.7. The van der Waals surface area contributed by atoms with Crippen LogP contribution in [0.1, 0.15) is 12.5 Å². The van der Waals surface area contributed by atoms with E-state index in [1.165, 1.54) is 6.07 Å². The molecule has 88 valence electrons. The molecule has 0 aliphatic heterocycles. The number of hydrogen-bond donors (Lipinski definition) is 0. The number of rotatable bonds is 4. The van der Waals surface area contributed by atoms with Crippen molar-refractivity contribution in [1.82, 2.24) is 0 Å². The van der Waals surface area contributed by atoms with Crippen molar-refractivity contribution in [2.24, 2.45) is 0 Å². The summed E-state index contributed by atoms with van der Waals surface area (Å²) in [5.74, 6) is -0.101. The van der Waals surface area contributed by atoms with Gasteiger partial charge in [0, 0.05) is 0 Å². The van der Waals surface area contributed by atoms with Crippen molar-refractivity contribution in [2.45, 2.75) is 13.8 Å². The predicted molar refractivity (Wildman–Crippen MR) is 60.2 cm³/mol. The number of hydrogen-bond acceptors (Lipinski definition) is 1. The zero-order valence-corrected chi connectivity index (χ0v) is 9.21. The molecule has 0 saturated heterocycles. The molecule has 1 rings (SSSR count). The summed E-state index contributed by atoms with van der Waals surface area (Å²) in [5.41, 5.74) is -0.0860. The average Bonchev–Trinajstić information content (AvgIpc) is 2.19. The standard InChI is InChI=1S/C11H13BF3O/c1-3-4-7-16-11-6-5-9(2)8-10(11)12(13,14)15/h3-6,8H,7H2,1-2H3/q-1/b4-3+. The predicted octanol–water partition coefficient (Wildman–Crippen LogP) is 3.00. The van der Waals surface area contributed by atoms with Crippen LogP contribution in [-0.2, 0) is 0 Å². The summed E-state index contributed by atoms with van der Waals surface area (Å²) in [7, 11) is 0. The van der Waals surface area contributed by atoms with Gasteiger partial charge in [0.2, 0.25) is 0 Å². The molecule has 5 heteroatoms. The second kappa shape index (κ2) is 5.10. The van der Waals surface area contributed by atoms with Crippen molar-refractivity contribution in [3.63, 3.8) is 0 Å². The van der Waals surface area contributed by atoms with Crippen molar-refractivity contribution >= 4 is 12.4 Å². The van der Waals surface area contributed by atoms with Gasteiger partial charge in [0.25, 0.3) is 0 Å². The third-order valence-electron chi connectivity index (χ3n) is 2.09. The van der Waals surface area contributed by atoms with Gasteiger partial charge in [-0.15, -0.1) is 0 Å². The summed E-state index contributed by atoms with van der Waals surface area (Å²) >= 11 is 0. The van der Waals surface area contributed by atoms with E-state index in [0.29, 0.717) is 5.56 Å². The molecule has 0 aromatic heterocycles. The van der Waals surface area contributed by atoms with Crippen LogP contribution in [0, 0.1) is 6.92 Å². The Bertz CT molecular complexity index is 385. The summed E-state index contributed by atoms with van der Waals surface area (Å²) < 4.78 is 43.2. The van der Waals surface area contributed by atoms with Crippen molar-refractivity contribution in [1.29, 1.82) is 0 Å². The molecule has 0 radical (unpaired) electrons. The Morgan fingerprint density at radius 2 is 2.00 bits per heavy atom. The quantitative estimate of drug-likeness (QED) is 0.569. The monoisotopic (exact) mass is 229 g/mol. The van der Waals surface area contributed by atoms with Gasteiger partial charge < -0.3 is 17.7 Å². The number of ether oxygens (including phenoxy) is 1. The molecule has 0 amide bonds. The smallest absolute Gasteiger partial charge is 0.493 e. The van der Waals surface area contributed by atoms with Gasteiger partial charge in [0.15, 0.2) is 0 Å². The fraction of sp³-hybridized carbons (Fsp3) is 0.273. The molecule has 0 atom stereocenters. The SMILES string of the molecule is C/C=C/COc1ccc(C)cc1[B-](F)(F)F. The summed E-state index contributed by atoms with van der Waals surface area (Å²) in [6, 6.07) is 4.09. The number of aryl methyl sites for hydroxylation is 1. The molecule has 0 saturated carbocycles. The molecule has 0 bridgehead atoms. The highest BCUT2D eigenvalue weighted by Crippen LogP contribution is 2.18. The van der Waals surface area contributed by atoms with E-state index in [9.17, 15) is 12.9 Å². The van der Waals surface area contributed by atoms with Crippen LogP contribution in [0.2, 0.25) is 0 Å². The molecule has 0 fully saturated rings. The van der Waals surface area contributed by atoms with Crippen LogP contribution in [0.5, 0.6) is 5.75 Å². The minimum atomic E-state index is -5.03. The Hall–Kier alpha value is -1.39. The highest BCUT2D eigenvalue weighted by atomic mass is 19.4. The van der Waals surface area contributed by atoms with E-state index in [1.807, 2.05) is 0 Å². The van der Waals surface area contributed by atoms with Gasteiger partial charge in [-0.1, -0.05) is 35.3 Å². The second-order valence-corrected chi connectivity index (χ2v) is 3.50. The van der Waals surface area contributed by atoms with Crippen LogP contribution in [0.4, 0.5) is 12.9 Å². The van der Waals surface area contributed by atoms with Crippen LogP contribution in [0.15, 0.2) is 30.4 Å². The van der Waals surface area contributed by atoms with Crippen molar-refractivity contribution in [2.75, 3.05) is 6.61 Å². The van der Waals surface area contributed by atoms with E-state index < -0.39 is 12.4 Å². The van der Waals surface area contributed by atoms with Gasteiger partial charge in [0.05, 0.1) is 5.75 Å². The van der Waals surface area contributed by atoms with Gasteiger partial charge in [-0.05, 0) is 19.9 Å². The molecule has 0 spiro atoms. The molecule has 0 N–H and O–H groups in total. The van der Waals surface area contributed by atoms with E-state index in [2.05, 4.69) is 0 Å².